The van der Waals surface area contributed by atoms with Crippen LogP contribution < -0.4 is 0 Å². The number of benzene rings is 2. The third-order valence-corrected chi connectivity index (χ3v) is 12.6. The molecule has 0 aromatic heterocycles. The summed E-state index contributed by atoms with van der Waals surface area (Å²) >= 11 is 8.41. The van der Waals surface area contributed by atoms with E-state index in [4.69, 9.17) is 0 Å². The Labute approximate surface area is 176 Å². The van der Waals surface area contributed by atoms with E-state index in [1.807, 2.05) is 23.5 Å². The van der Waals surface area contributed by atoms with E-state index in [9.17, 15) is 0 Å². The number of thioether (sulfide) groups is 4. The van der Waals surface area contributed by atoms with Crippen LogP contribution in [-0.2, 0) is 21.0 Å². The maximum absolute atomic E-state index is 2.38. The molecule has 26 heavy (non-hydrogen) atoms. The Morgan fingerprint density at radius 3 is 1.46 bits per heavy atom. The number of hydrogen-bond acceptors (Lipinski definition) is 4. The van der Waals surface area contributed by atoms with Crippen molar-refractivity contribution in [3.05, 3.63) is 70.8 Å². The maximum Gasteiger partial charge on any atom is 0.114 e. The molecule has 140 valence electrons. The second-order valence-corrected chi connectivity index (χ2v) is 11.5. The Bertz CT molecular complexity index is 681. The van der Waals surface area contributed by atoms with Gasteiger partial charge in [-0.25, -0.2) is 0 Å². The van der Waals surface area contributed by atoms with Crippen molar-refractivity contribution in [3.8, 4) is 0 Å². The zero-order valence-corrected chi connectivity index (χ0v) is 19.3. The fourth-order valence-corrected chi connectivity index (χ4v) is 11.3. The van der Waals surface area contributed by atoms with E-state index in [0.29, 0.717) is 0 Å². The molecule has 0 saturated carbocycles. The van der Waals surface area contributed by atoms with Crippen molar-refractivity contribution in [1.82, 2.24) is 0 Å². The van der Waals surface area contributed by atoms with Gasteiger partial charge in [-0.15, -0.1) is 47.0 Å². The van der Waals surface area contributed by atoms with E-state index in [2.05, 4.69) is 98.4 Å². The molecule has 2 atom stereocenters. The van der Waals surface area contributed by atoms with Gasteiger partial charge in [0.25, 0.3) is 0 Å². The molecule has 1 aliphatic heterocycles. The Morgan fingerprint density at radius 1 is 0.731 bits per heavy atom. The third kappa shape index (κ3) is 3.25. The largest absolute Gasteiger partial charge is 0.140 e. The minimum absolute atomic E-state index is 0.0210. The molecule has 1 fully saturated rings. The monoisotopic (exact) mass is 420 g/mol. The molecular formula is C22H28S4. The molecule has 2 aromatic rings. The Hall–Kier alpha value is -0.160. The summed E-state index contributed by atoms with van der Waals surface area (Å²) in [5.74, 6) is 2.42. The van der Waals surface area contributed by atoms with Crippen LogP contribution in [0.3, 0.4) is 0 Å². The minimum atomic E-state index is 0.0210. The number of rotatable bonds is 6. The average molecular weight is 421 g/mol. The summed E-state index contributed by atoms with van der Waals surface area (Å²) < 4.78 is 0.0421. The van der Waals surface area contributed by atoms with Gasteiger partial charge in [0.1, 0.15) is 8.16 Å². The lowest BCUT2D eigenvalue weighted by Gasteiger charge is -2.52. The second kappa shape index (κ2) is 8.89. The summed E-state index contributed by atoms with van der Waals surface area (Å²) in [6, 6.07) is 18.2. The first kappa shape index (κ1) is 20.6. The lowest BCUT2D eigenvalue weighted by Crippen LogP contribution is -2.44. The quantitative estimate of drug-likeness (QED) is 0.492. The molecule has 1 heterocycles. The lowest BCUT2D eigenvalue weighted by atomic mass is 9.93. The highest BCUT2D eigenvalue weighted by atomic mass is 32.2. The zero-order valence-electron chi connectivity index (χ0n) is 16.1. The molecule has 0 N–H and O–H groups in total. The molecule has 0 bridgehead atoms. The van der Waals surface area contributed by atoms with Crippen molar-refractivity contribution in [1.29, 1.82) is 0 Å². The van der Waals surface area contributed by atoms with E-state index < -0.39 is 0 Å². The van der Waals surface area contributed by atoms with Crippen LogP contribution in [0.25, 0.3) is 0 Å². The average Bonchev–Trinajstić information content (AvgIpc) is 2.73. The highest BCUT2D eigenvalue weighted by Gasteiger charge is 2.57. The van der Waals surface area contributed by atoms with E-state index in [-0.39, 0.29) is 8.16 Å². The summed E-state index contributed by atoms with van der Waals surface area (Å²) in [7, 11) is 0. The molecule has 0 unspecified atom stereocenters. The van der Waals surface area contributed by atoms with Crippen LogP contribution in [0.15, 0.2) is 48.5 Å². The first-order valence-corrected chi connectivity index (χ1v) is 13.7. The maximum atomic E-state index is 2.38. The molecule has 2 aromatic carbocycles. The standard InChI is InChI=1S/C22H28S4/c1-5-17-11-7-9-13-19(17)21(23-3)22(24-4,26-16-15-25-21)20-14-10-8-12-18(20)6-2/h7-14H,5-6,15-16H2,1-4H3/t21-,22-/m0/s1. The van der Waals surface area contributed by atoms with E-state index in [1.54, 1.807) is 0 Å². The summed E-state index contributed by atoms with van der Waals surface area (Å²) in [6.45, 7) is 4.57. The lowest BCUT2D eigenvalue weighted by molar-refractivity contribution is 0.757. The Balaban J connectivity index is 2.30. The van der Waals surface area contributed by atoms with Gasteiger partial charge >= 0.3 is 0 Å². The van der Waals surface area contributed by atoms with Crippen LogP contribution in [0.1, 0.15) is 36.1 Å². The van der Waals surface area contributed by atoms with Crippen molar-refractivity contribution in [2.24, 2.45) is 0 Å². The summed E-state index contributed by atoms with van der Waals surface area (Å²) in [5, 5.41) is 0. The Kier molecular flexibility index (Phi) is 7.04. The van der Waals surface area contributed by atoms with Gasteiger partial charge in [0.2, 0.25) is 0 Å². The van der Waals surface area contributed by atoms with Gasteiger partial charge in [-0.3, -0.25) is 0 Å². The molecule has 1 aliphatic rings. The van der Waals surface area contributed by atoms with Crippen molar-refractivity contribution in [2.75, 3.05) is 24.0 Å². The number of hydrogen-bond donors (Lipinski definition) is 0. The molecule has 0 amide bonds. The SMILES string of the molecule is CCc1ccccc1[C@]1(SC)SCCS[C@@]1(SC)c1ccccc1CC. The summed E-state index contributed by atoms with van der Waals surface area (Å²) in [5.41, 5.74) is 6.02. The Morgan fingerprint density at radius 2 is 1.12 bits per heavy atom. The fraction of sp³-hybridized carbons (Fsp3) is 0.455. The van der Waals surface area contributed by atoms with Crippen LogP contribution >= 0.6 is 47.0 Å². The van der Waals surface area contributed by atoms with Gasteiger partial charge in [0.05, 0.1) is 0 Å². The second-order valence-electron chi connectivity index (χ2n) is 6.36. The van der Waals surface area contributed by atoms with E-state index in [0.717, 1.165) is 12.8 Å². The normalized spacial score (nSPS) is 26.0. The van der Waals surface area contributed by atoms with Crippen LogP contribution in [0, 0.1) is 0 Å². The van der Waals surface area contributed by atoms with E-state index >= 15 is 0 Å². The molecular weight excluding hydrogens is 393 g/mol. The highest BCUT2D eigenvalue weighted by molar-refractivity contribution is 8.25. The van der Waals surface area contributed by atoms with Crippen LogP contribution in [0.2, 0.25) is 0 Å². The molecule has 1 saturated heterocycles. The van der Waals surface area contributed by atoms with Gasteiger partial charge in [-0.2, -0.15) is 0 Å². The fourth-order valence-electron chi connectivity index (χ4n) is 3.98. The number of aryl methyl sites for hydroxylation is 2. The summed E-state index contributed by atoms with van der Waals surface area (Å²) in [4.78, 5) is 0. The molecule has 4 heteroatoms. The van der Waals surface area contributed by atoms with Crippen molar-refractivity contribution >= 4 is 47.0 Å². The third-order valence-electron chi connectivity index (χ3n) is 5.21. The molecule has 0 radical (unpaired) electrons. The zero-order chi connectivity index (χ0) is 18.6. The first-order valence-electron chi connectivity index (χ1n) is 9.24. The van der Waals surface area contributed by atoms with Gasteiger partial charge in [0.15, 0.2) is 0 Å². The molecule has 0 aliphatic carbocycles. The van der Waals surface area contributed by atoms with Gasteiger partial charge in [0, 0.05) is 11.5 Å². The van der Waals surface area contributed by atoms with Crippen LogP contribution in [0.5, 0.6) is 0 Å². The van der Waals surface area contributed by atoms with E-state index in [1.165, 1.54) is 33.8 Å². The van der Waals surface area contributed by atoms with Crippen LogP contribution in [0.4, 0.5) is 0 Å². The predicted octanol–water partition coefficient (Wildman–Crippen LogP) is 7.02. The smallest absolute Gasteiger partial charge is 0.114 e. The van der Waals surface area contributed by atoms with Gasteiger partial charge in [-0.05, 0) is 47.6 Å². The molecule has 3 rings (SSSR count). The minimum Gasteiger partial charge on any atom is -0.140 e. The van der Waals surface area contributed by atoms with Crippen molar-refractivity contribution in [2.45, 2.75) is 34.8 Å². The predicted molar refractivity (Wildman–Crippen MR) is 127 cm³/mol. The van der Waals surface area contributed by atoms with Gasteiger partial charge < -0.3 is 0 Å². The van der Waals surface area contributed by atoms with Gasteiger partial charge in [-0.1, -0.05) is 62.4 Å². The highest BCUT2D eigenvalue weighted by Crippen LogP contribution is 2.70. The molecule has 0 spiro atoms. The summed E-state index contributed by atoms with van der Waals surface area (Å²) in [6.07, 6.45) is 6.79. The molecule has 0 nitrogen and oxygen atoms in total. The van der Waals surface area contributed by atoms with Crippen molar-refractivity contribution in [3.63, 3.8) is 0 Å². The van der Waals surface area contributed by atoms with Crippen molar-refractivity contribution < 1.29 is 0 Å². The topological polar surface area (TPSA) is 0 Å². The van der Waals surface area contributed by atoms with Crippen LogP contribution in [-0.4, -0.2) is 24.0 Å². The first-order chi connectivity index (χ1) is 12.7.